The molecule has 0 fully saturated rings. The van der Waals surface area contributed by atoms with Crippen LogP contribution >= 0.6 is 0 Å². The lowest BCUT2D eigenvalue weighted by Crippen LogP contribution is -2.36. The molecule has 1 aliphatic rings. The smallest absolute Gasteiger partial charge is 0.267 e. The minimum Gasteiger partial charge on any atom is -0.267 e. The summed E-state index contributed by atoms with van der Waals surface area (Å²) in [6, 6.07) is 15.6. The molecule has 3 aromatic rings. The molecule has 1 heterocycles. The topological polar surface area (TPSA) is 117 Å². The Balaban J connectivity index is 1.79. The predicted molar refractivity (Wildman–Crippen MR) is 99.9 cm³/mol. The largest absolute Gasteiger partial charge is 0.282 e. The van der Waals surface area contributed by atoms with E-state index in [1.807, 2.05) is 6.07 Å². The molecular formula is C20H10N4O4. The summed E-state index contributed by atoms with van der Waals surface area (Å²) in [6.45, 7) is 0. The van der Waals surface area contributed by atoms with E-state index in [0.29, 0.717) is 11.1 Å². The molecule has 0 spiro atoms. The highest BCUT2D eigenvalue weighted by Gasteiger charge is 2.34. The number of amides is 2. The second-order valence-electron chi connectivity index (χ2n) is 6.02. The van der Waals surface area contributed by atoms with Crippen molar-refractivity contribution in [3.8, 4) is 6.07 Å². The van der Waals surface area contributed by atoms with E-state index in [1.54, 1.807) is 24.3 Å². The van der Waals surface area contributed by atoms with Gasteiger partial charge in [0.1, 0.15) is 0 Å². The van der Waals surface area contributed by atoms with Crippen LogP contribution in [0.15, 0.2) is 59.7 Å². The van der Waals surface area contributed by atoms with Gasteiger partial charge in [-0.2, -0.15) is 15.4 Å². The van der Waals surface area contributed by atoms with E-state index in [0.717, 1.165) is 5.01 Å². The zero-order valence-corrected chi connectivity index (χ0v) is 14.2. The first-order valence-corrected chi connectivity index (χ1v) is 8.14. The molecule has 0 atom stereocenters. The van der Waals surface area contributed by atoms with Crippen LogP contribution < -0.4 is 0 Å². The van der Waals surface area contributed by atoms with E-state index in [1.165, 1.54) is 36.5 Å². The lowest BCUT2D eigenvalue weighted by atomic mass is 9.94. The van der Waals surface area contributed by atoms with Gasteiger partial charge in [-0.1, -0.05) is 18.2 Å². The fraction of sp³-hybridized carbons (Fsp3) is 0. The third kappa shape index (κ3) is 2.59. The average Bonchev–Trinajstić information content (AvgIpc) is 2.71. The Morgan fingerprint density at radius 1 is 1.00 bits per heavy atom. The maximum absolute atomic E-state index is 12.8. The fourth-order valence-electron chi connectivity index (χ4n) is 3.10. The number of carbonyl (C=O) groups excluding carboxylic acids is 2. The normalized spacial score (nSPS) is 13.2. The molecule has 8 nitrogen and oxygen atoms in total. The van der Waals surface area contributed by atoms with Crippen molar-refractivity contribution in [2.75, 3.05) is 0 Å². The number of hydrogen-bond donors (Lipinski definition) is 0. The van der Waals surface area contributed by atoms with Gasteiger partial charge in [0.2, 0.25) is 0 Å². The molecule has 0 aromatic heterocycles. The second-order valence-corrected chi connectivity index (χ2v) is 6.02. The van der Waals surface area contributed by atoms with Crippen LogP contribution in [0.1, 0.15) is 31.8 Å². The first-order chi connectivity index (χ1) is 13.5. The summed E-state index contributed by atoms with van der Waals surface area (Å²) in [5.41, 5.74) is 1.26. The van der Waals surface area contributed by atoms with Crippen molar-refractivity contribution >= 4 is 34.5 Å². The lowest BCUT2D eigenvalue weighted by Gasteiger charge is -2.22. The van der Waals surface area contributed by atoms with E-state index in [4.69, 9.17) is 5.26 Å². The van der Waals surface area contributed by atoms with E-state index < -0.39 is 16.7 Å². The molecule has 0 radical (unpaired) electrons. The standard InChI is InChI=1S/C20H10N4O4/c21-10-12-4-6-13(7-5-12)11-22-23-19(25)15-3-1-2-14-17(24(27)28)9-8-16(18(14)15)20(23)26/h1-9,11H. The molecule has 1 aliphatic heterocycles. The first kappa shape index (κ1) is 17.1. The summed E-state index contributed by atoms with van der Waals surface area (Å²) in [5.74, 6) is -1.32. The number of nitro groups is 1. The van der Waals surface area contributed by atoms with Gasteiger partial charge >= 0.3 is 0 Å². The second kappa shape index (κ2) is 6.41. The summed E-state index contributed by atoms with van der Waals surface area (Å²) in [5, 5.41) is 25.3. The Morgan fingerprint density at radius 3 is 2.32 bits per heavy atom. The molecule has 0 saturated heterocycles. The van der Waals surface area contributed by atoms with Crippen molar-refractivity contribution in [3.05, 3.63) is 87.0 Å². The minimum atomic E-state index is -0.659. The summed E-state index contributed by atoms with van der Waals surface area (Å²) in [7, 11) is 0. The van der Waals surface area contributed by atoms with Gasteiger partial charge in [0.15, 0.2) is 0 Å². The maximum atomic E-state index is 12.8. The summed E-state index contributed by atoms with van der Waals surface area (Å²) in [6.07, 6.45) is 1.34. The van der Waals surface area contributed by atoms with Crippen LogP contribution in [0.3, 0.4) is 0 Å². The van der Waals surface area contributed by atoms with Gasteiger partial charge in [-0.15, -0.1) is 0 Å². The van der Waals surface area contributed by atoms with Gasteiger partial charge in [0, 0.05) is 11.5 Å². The van der Waals surface area contributed by atoms with Crippen molar-refractivity contribution < 1.29 is 14.5 Å². The number of nitriles is 1. The van der Waals surface area contributed by atoms with Gasteiger partial charge in [0.25, 0.3) is 17.5 Å². The minimum absolute atomic E-state index is 0.171. The predicted octanol–water partition coefficient (Wildman–Crippen LogP) is 3.25. The number of non-ortho nitro benzene ring substituents is 1. The highest BCUT2D eigenvalue weighted by Crippen LogP contribution is 2.35. The van der Waals surface area contributed by atoms with E-state index in [-0.39, 0.29) is 27.6 Å². The summed E-state index contributed by atoms with van der Waals surface area (Å²) < 4.78 is 0. The maximum Gasteiger partial charge on any atom is 0.282 e. The zero-order valence-electron chi connectivity index (χ0n) is 14.2. The highest BCUT2D eigenvalue weighted by molar-refractivity contribution is 6.26. The number of benzene rings is 3. The van der Waals surface area contributed by atoms with Crippen LogP contribution in [0, 0.1) is 21.4 Å². The molecular weight excluding hydrogens is 360 g/mol. The lowest BCUT2D eigenvalue weighted by molar-refractivity contribution is -0.383. The zero-order chi connectivity index (χ0) is 19.8. The number of hydrazone groups is 1. The fourth-order valence-corrected chi connectivity index (χ4v) is 3.10. The van der Waals surface area contributed by atoms with Gasteiger partial charge in [-0.25, -0.2) is 0 Å². The van der Waals surface area contributed by atoms with Crippen molar-refractivity contribution in [2.24, 2.45) is 5.10 Å². The van der Waals surface area contributed by atoms with Gasteiger partial charge in [-0.05, 0) is 35.9 Å². The van der Waals surface area contributed by atoms with Crippen molar-refractivity contribution in [1.82, 2.24) is 5.01 Å². The Hall–Kier alpha value is -4.38. The first-order valence-electron chi connectivity index (χ1n) is 8.14. The van der Waals surface area contributed by atoms with Gasteiger partial charge in [-0.3, -0.25) is 19.7 Å². The molecule has 0 aliphatic carbocycles. The van der Waals surface area contributed by atoms with Crippen LogP contribution in [0.2, 0.25) is 0 Å². The van der Waals surface area contributed by atoms with Crippen LogP contribution in [0.25, 0.3) is 10.8 Å². The van der Waals surface area contributed by atoms with Crippen molar-refractivity contribution in [3.63, 3.8) is 0 Å². The third-order valence-electron chi connectivity index (χ3n) is 4.42. The summed E-state index contributed by atoms with van der Waals surface area (Å²) in [4.78, 5) is 36.3. The summed E-state index contributed by atoms with van der Waals surface area (Å²) >= 11 is 0. The van der Waals surface area contributed by atoms with Gasteiger partial charge < -0.3 is 0 Å². The number of rotatable bonds is 3. The Labute approximate surface area is 158 Å². The highest BCUT2D eigenvalue weighted by atomic mass is 16.6. The van der Waals surface area contributed by atoms with E-state index in [2.05, 4.69) is 5.10 Å². The van der Waals surface area contributed by atoms with Gasteiger partial charge in [0.05, 0.1) is 39.3 Å². The number of nitro benzene ring substituents is 1. The molecule has 0 bridgehead atoms. The molecule has 2 amide bonds. The number of imide groups is 1. The molecule has 134 valence electrons. The molecule has 0 saturated carbocycles. The van der Waals surface area contributed by atoms with Crippen LogP contribution in [0.4, 0.5) is 5.69 Å². The quantitative estimate of drug-likeness (QED) is 0.304. The number of hydrogen-bond acceptors (Lipinski definition) is 6. The van der Waals surface area contributed by atoms with E-state index in [9.17, 15) is 19.7 Å². The molecule has 0 N–H and O–H groups in total. The van der Waals surface area contributed by atoms with E-state index >= 15 is 0 Å². The monoisotopic (exact) mass is 370 g/mol. The van der Waals surface area contributed by atoms with Crippen LogP contribution in [-0.4, -0.2) is 28.0 Å². The Bertz CT molecular complexity index is 1220. The number of carbonyl (C=O) groups is 2. The Kier molecular flexibility index (Phi) is 3.90. The number of nitrogens with zero attached hydrogens (tertiary/aromatic N) is 4. The van der Waals surface area contributed by atoms with Crippen molar-refractivity contribution in [2.45, 2.75) is 0 Å². The molecule has 3 aromatic carbocycles. The Morgan fingerprint density at radius 2 is 1.68 bits per heavy atom. The van der Waals surface area contributed by atoms with Crippen LogP contribution in [-0.2, 0) is 0 Å². The van der Waals surface area contributed by atoms with Crippen molar-refractivity contribution in [1.29, 1.82) is 5.26 Å². The average molecular weight is 370 g/mol. The SMILES string of the molecule is N#Cc1ccc(C=NN2C(=O)c3cccc4c([N+](=O)[O-])ccc(c34)C2=O)cc1. The third-order valence-corrected chi connectivity index (χ3v) is 4.42. The molecule has 4 rings (SSSR count). The molecule has 0 unspecified atom stereocenters. The molecule has 8 heteroatoms. The van der Waals surface area contributed by atoms with Crippen LogP contribution in [0.5, 0.6) is 0 Å². The molecule has 28 heavy (non-hydrogen) atoms.